The molecule has 0 aliphatic heterocycles. The number of halogens is 3. The van der Waals surface area contributed by atoms with Crippen LogP contribution in [0.3, 0.4) is 0 Å². The summed E-state index contributed by atoms with van der Waals surface area (Å²) in [5.74, 6) is -0.105. The number of benzene rings is 1. The normalized spacial score (nSPS) is 16.7. The molecule has 0 heterocycles. The van der Waals surface area contributed by atoms with Gasteiger partial charge < -0.3 is 11.1 Å². The lowest BCUT2D eigenvalue weighted by Gasteiger charge is -2.15. The third kappa shape index (κ3) is 2.60. The maximum Gasteiger partial charge on any atom is 0.231 e. The summed E-state index contributed by atoms with van der Waals surface area (Å²) in [7, 11) is 0. The molecule has 6 heteroatoms. The highest BCUT2D eigenvalue weighted by molar-refractivity contribution is 9.10. The number of nitrogens with one attached hydrogen (secondary N) is 1. The molecule has 1 aromatic rings. The average molecular weight is 338 g/mol. The predicted molar refractivity (Wildman–Crippen MR) is 73.5 cm³/mol. The van der Waals surface area contributed by atoms with Crippen molar-refractivity contribution in [3.8, 4) is 0 Å². The first-order valence-corrected chi connectivity index (χ1v) is 6.69. The zero-order chi connectivity index (χ0) is 12.6. The van der Waals surface area contributed by atoms with Gasteiger partial charge in [0, 0.05) is 11.0 Å². The molecule has 0 unspecified atom stereocenters. The van der Waals surface area contributed by atoms with Crippen LogP contribution in [0.4, 0.5) is 5.69 Å². The third-order valence-electron chi connectivity index (χ3n) is 2.97. The maximum atomic E-state index is 12.0. The van der Waals surface area contributed by atoms with Crippen LogP contribution in [-0.4, -0.2) is 12.5 Å². The lowest BCUT2D eigenvalue weighted by atomic mass is 10.1. The molecule has 0 bridgehead atoms. The van der Waals surface area contributed by atoms with Crippen LogP contribution in [0, 0.1) is 5.41 Å². The van der Waals surface area contributed by atoms with Gasteiger partial charge in [-0.2, -0.15) is 0 Å². The highest BCUT2D eigenvalue weighted by atomic mass is 79.9. The van der Waals surface area contributed by atoms with Gasteiger partial charge in [-0.3, -0.25) is 4.79 Å². The minimum atomic E-state index is -0.417. The number of amides is 1. The summed E-state index contributed by atoms with van der Waals surface area (Å²) in [6.45, 7) is 0.352. The van der Waals surface area contributed by atoms with E-state index >= 15 is 0 Å². The van der Waals surface area contributed by atoms with Gasteiger partial charge in [0.2, 0.25) is 5.91 Å². The van der Waals surface area contributed by atoms with E-state index in [1.54, 1.807) is 12.1 Å². The Labute approximate surface area is 118 Å². The maximum absolute atomic E-state index is 12.0. The number of anilines is 1. The van der Waals surface area contributed by atoms with E-state index in [0.717, 1.165) is 17.3 Å². The van der Waals surface area contributed by atoms with Gasteiger partial charge in [-0.15, -0.1) is 0 Å². The number of hydrogen-bond donors (Lipinski definition) is 2. The van der Waals surface area contributed by atoms with Crippen molar-refractivity contribution in [2.24, 2.45) is 11.1 Å². The largest absolute Gasteiger partial charge is 0.329 e. The molecule has 1 aliphatic carbocycles. The molecule has 1 amide bonds. The first-order valence-electron chi connectivity index (χ1n) is 5.14. The monoisotopic (exact) mass is 336 g/mol. The van der Waals surface area contributed by atoms with Crippen LogP contribution >= 0.6 is 39.1 Å². The van der Waals surface area contributed by atoms with Crippen LogP contribution in [0.25, 0.3) is 0 Å². The van der Waals surface area contributed by atoms with Crippen molar-refractivity contribution < 1.29 is 4.79 Å². The molecule has 0 saturated heterocycles. The molecule has 3 N–H and O–H groups in total. The first-order chi connectivity index (χ1) is 7.98. The first kappa shape index (κ1) is 13.1. The predicted octanol–water partition coefficient (Wildman–Crippen LogP) is 3.43. The van der Waals surface area contributed by atoms with E-state index in [2.05, 4.69) is 21.2 Å². The van der Waals surface area contributed by atoms with Crippen LogP contribution in [0.5, 0.6) is 0 Å². The topological polar surface area (TPSA) is 55.1 Å². The molecule has 2 rings (SSSR count). The third-order valence-corrected chi connectivity index (χ3v) is 4.03. The van der Waals surface area contributed by atoms with E-state index in [-0.39, 0.29) is 5.91 Å². The Kier molecular flexibility index (Phi) is 3.69. The van der Waals surface area contributed by atoms with Crippen molar-refractivity contribution in [3.63, 3.8) is 0 Å². The number of nitrogens with two attached hydrogens (primary N) is 1. The average Bonchev–Trinajstić information content (AvgIpc) is 3.03. The summed E-state index contributed by atoms with van der Waals surface area (Å²) in [5.41, 5.74) is 5.62. The van der Waals surface area contributed by atoms with Crippen molar-refractivity contribution >= 4 is 50.7 Å². The fourth-order valence-electron chi connectivity index (χ4n) is 1.58. The Bertz CT molecular complexity index is 452. The second-order valence-electron chi connectivity index (χ2n) is 4.18. The molecule has 1 aromatic carbocycles. The number of carbonyl (C=O) groups excluding carboxylic acids is 1. The molecule has 1 aliphatic rings. The van der Waals surface area contributed by atoms with E-state index in [1.807, 2.05) is 0 Å². The standard InChI is InChI=1S/C11H11BrCl2N2O/c12-6-3-7(13)9(8(14)4-6)16-10(17)11(5-15)1-2-11/h3-4H,1-2,5,15H2,(H,16,17). The molecule has 0 aromatic heterocycles. The fraction of sp³-hybridized carbons (Fsp3) is 0.364. The highest BCUT2D eigenvalue weighted by Crippen LogP contribution is 2.46. The van der Waals surface area contributed by atoms with Gasteiger partial charge in [0.25, 0.3) is 0 Å². The molecule has 0 atom stereocenters. The van der Waals surface area contributed by atoms with Gasteiger partial charge in [-0.1, -0.05) is 39.1 Å². The molecule has 17 heavy (non-hydrogen) atoms. The van der Waals surface area contributed by atoms with Gasteiger partial charge in [0.05, 0.1) is 21.1 Å². The van der Waals surface area contributed by atoms with E-state index in [1.165, 1.54) is 0 Å². The Balaban J connectivity index is 2.22. The molecular weight excluding hydrogens is 327 g/mol. The van der Waals surface area contributed by atoms with Crippen molar-refractivity contribution in [2.75, 3.05) is 11.9 Å². The molecule has 3 nitrogen and oxygen atoms in total. The summed E-state index contributed by atoms with van der Waals surface area (Å²) in [4.78, 5) is 12.0. The second-order valence-corrected chi connectivity index (χ2v) is 5.91. The minimum Gasteiger partial charge on any atom is -0.329 e. The Hall–Kier alpha value is -0.290. The summed E-state index contributed by atoms with van der Waals surface area (Å²) in [6.07, 6.45) is 1.64. The molecular formula is C11H11BrCl2N2O. The smallest absolute Gasteiger partial charge is 0.231 e. The summed E-state index contributed by atoms with van der Waals surface area (Å²) in [6, 6.07) is 3.37. The second kappa shape index (κ2) is 4.76. The zero-order valence-electron chi connectivity index (χ0n) is 8.90. The van der Waals surface area contributed by atoms with Gasteiger partial charge in [-0.05, 0) is 25.0 Å². The van der Waals surface area contributed by atoms with Crippen molar-refractivity contribution in [1.29, 1.82) is 0 Å². The number of carbonyl (C=O) groups is 1. The van der Waals surface area contributed by atoms with Crippen LogP contribution in [0.15, 0.2) is 16.6 Å². The van der Waals surface area contributed by atoms with Gasteiger partial charge in [0.15, 0.2) is 0 Å². The lowest BCUT2D eigenvalue weighted by molar-refractivity contribution is -0.120. The lowest BCUT2D eigenvalue weighted by Crippen LogP contribution is -2.31. The summed E-state index contributed by atoms with van der Waals surface area (Å²) >= 11 is 15.3. The zero-order valence-corrected chi connectivity index (χ0v) is 12.0. The van der Waals surface area contributed by atoms with Gasteiger partial charge in [-0.25, -0.2) is 0 Å². The van der Waals surface area contributed by atoms with Crippen LogP contribution in [-0.2, 0) is 4.79 Å². The Morgan fingerprint density at radius 1 is 1.41 bits per heavy atom. The van der Waals surface area contributed by atoms with Crippen molar-refractivity contribution in [3.05, 3.63) is 26.7 Å². The fourth-order valence-corrected chi connectivity index (χ4v) is 2.89. The van der Waals surface area contributed by atoms with Gasteiger partial charge >= 0.3 is 0 Å². The number of hydrogen-bond acceptors (Lipinski definition) is 2. The quantitative estimate of drug-likeness (QED) is 0.887. The van der Waals surface area contributed by atoms with Crippen molar-refractivity contribution in [1.82, 2.24) is 0 Å². The Morgan fingerprint density at radius 2 is 1.94 bits per heavy atom. The molecule has 0 radical (unpaired) electrons. The van der Waals surface area contributed by atoms with Crippen LogP contribution in [0.1, 0.15) is 12.8 Å². The number of rotatable bonds is 3. The van der Waals surface area contributed by atoms with E-state index in [4.69, 9.17) is 28.9 Å². The van der Waals surface area contributed by atoms with Crippen molar-refractivity contribution in [2.45, 2.75) is 12.8 Å². The summed E-state index contributed by atoms with van der Waals surface area (Å²) in [5, 5.41) is 3.57. The molecule has 92 valence electrons. The Morgan fingerprint density at radius 3 is 2.35 bits per heavy atom. The van der Waals surface area contributed by atoms with E-state index in [0.29, 0.717) is 22.3 Å². The van der Waals surface area contributed by atoms with Crippen LogP contribution < -0.4 is 11.1 Å². The SMILES string of the molecule is NCC1(C(=O)Nc2c(Cl)cc(Br)cc2Cl)CC1. The molecule has 1 fully saturated rings. The molecule has 0 spiro atoms. The minimum absolute atomic E-state index is 0.105. The van der Waals surface area contributed by atoms with Gasteiger partial charge in [0.1, 0.15) is 0 Å². The molecule has 1 saturated carbocycles. The van der Waals surface area contributed by atoms with E-state index in [9.17, 15) is 4.79 Å². The van der Waals surface area contributed by atoms with Crippen LogP contribution in [0.2, 0.25) is 10.0 Å². The summed E-state index contributed by atoms with van der Waals surface area (Å²) < 4.78 is 0.769. The van der Waals surface area contributed by atoms with E-state index < -0.39 is 5.41 Å². The highest BCUT2D eigenvalue weighted by Gasteiger charge is 2.48.